The second kappa shape index (κ2) is 5.47. The number of hydrogen-bond donors (Lipinski definition) is 2. The Kier molecular flexibility index (Phi) is 3.86. The molecule has 1 aliphatic carbocycles. The maximum absolute atomic E-state index is 12.7. The van der Waals surface area contributed by atoms with Gasteiger partial charge in [0.1, 0.15) is 11.6 Å². The fraction of sp³-hybridized carbons (Fsp3) is 0.812. The van der Waals surface area contributed by atoms with Crippen molar-refractivity contribution in [3.05, 3.63) is 0 Å². The summed E-state index contributed by atoms with van der Waals surface area (Å²) in [4.78, 5) is 40.6. The Balaban J connectivity index is 1.73. The van der Waals surface area contributed by atoms with E-state index in [9.17, 15) is 14.4 Å². The highest BCUT2D eigenvalue weighted by molar-refractivity contribution is 6.10. The van der Waals surface area contributed by atoms with Gasteiger partial charge in [0, 0.05) is 13.1 Å². The summed E-state index contributed by atoms with van der Waals surface area (Å²) >= 11 is 0. The zero-order valence-corrected chi connectivity index (χ0v) is 13.9. The van der Waals surface area contributed by atoms with Crippen LogP contribution in [0, 0.1) is 5.41 Å². The summed E-state index contributed by atoms with van der Waals surface area (Å²) in [6.45, 7) is 5.45. The highest BCUT2D eigenvalue weighted by atomic mass is 16.2. The number of likely N-dealkylation sites (tertiary alicyclic amines) is 1. The van der Waals surface area contributed by atoms with Crippen LogP contribution in [0.4, 0.5) is 4.79 Å². The van der Waals surface area contributed by atoms with E-state index in [0.717, 1.165) is 24.2 Å². The minimum Gasteiger partial charge on any atom is -0.340 e. The number of amides is 4. The molecule has 3 N–H and O–H groups in total. The number of carbonyl (C=O) groups excluding carboxylic acids is 3. The van der Waals surface area contributed by atoms with Gasteiger partial charge in [-0.05, 0) is 38.1 Å². The predicted molar refractivity (Wildman–Crippen MR) is 84.4 cm³/mol. The summed E-state index contributed by atoms with van der Waals surface area (Å²) in [7, 11) is 0. The summed E-state index contributed by atoms with van der Waals surface area (Å²) in [5, 5.41) is 2.83. The van der Waals surface area contributed by atoms with Crippen molar-refractivity contribution >= 4 is 17.8 Å². The van der Waals surface area contributed by atoms with Crippen LogP contribution in [0.15, 0.2) is 0 Å². The molecule has 4 amide bonds. The lowest BCUT2D eigenvalue weighted by Crippen LogP contribution is -2.51. The van der Waals surface area contributed by atoms with E-state index in [1.807, 2.05) is 0 Å². The number of nitrogens with one attached hydrogen (secondary N) is 1. The molecule has 2 aliphatic heterocycles. The van der Waals surface area contributed by atoms with E-state index < -0.39 is 17.6 Å². The molecule has 1 saturated carbocycles. The van der Waals surface area contributed by atoms with E-state index in [4.69, 9.17) is 5.73 Å². The van der Waals surface area contributed by atoms with Gasteiger partial charge in [-0.15, -0.1) is 0 Å². The topological polar surface area (TPSA) is 95.7 Å². The lowest BCUT2D eigenvalue weighted by Gasteiger charge is -2.28. The molecular formula is C16H26N4O3. The van der Waals surface area contributed by atoms with Gasteiger partial charge >= 0.3 is 6.03 Å². The van der Waals surface area contributed by atoms with Gasteiger partial charge in [0.15, 0.2) is 0 Å². The van der Waals surface area contributed by atoms with Crippen LogP contribution in [-0.2, 0) is 9.59 Å². The van der Waals surface area contributed by atoms with E-state index >= 15 is 0 Å². The molecule has 3 aliphatic rings. The SMILES string of the molecule is CC(C(=O)N1CCC(C)(CN)C1)N1C(=O)NC2(CCCC2)C1=O. The van der Waals surface area contributed by atoms with Crippen molar-refractivity contribution in [3.8, 4) is 0 Å². The number of rotatable bonds is 3. The third kappa shape index (κ3) is 2.51. The number of nitrogens with zero attached hydrogens (tertiary/aromatic N) is 2. The highest BCUT2D eigenvalue weighted by Crippen LogP contribution is 2.36. The van der Waals surface area contributed by atoms with Gasteiger partial charge in [0.25, 0.3) is 5.91 Å². The predicted octanol–water partition coefficient (Wildman–Crippen LogP) is 0.437. The Labute approximate surface area is 136 Å². The zero-order chi connectivity index (χ0) is 16.8. The average molecular weight is 322 g/mol. The van der Waals surface area contributed by atoms with Gasteiger partial charge in [-0.25, -0.2) is 9.69 Å². The van der Waals surface area contributed by atoms with Crippen molar-refractivity contribution in [1.29, 1.82) is 0 Å². The van der Waals surface area contributed by atoms with Crippen molar-refractivity contribution in [2.24, 2.45) is 11.1 Å². The molecule has 2 heterocycles. The smallest absolute Gasteiger partial charge is 0.325 e. The molecule has 2 saturated heterocycles. The lowest BCUT2D eigenvalue weighted by molar-refractivity contribution is -0.142. The Hall–Kier alpha value is -1.63. The number of carbonyl (C=O) groups is 3. The van der Waals surface area contributed by atoms with Crippen molar-refractivity contribution < 1.29 is 14.4 Å². The first-order valence-electron chi connectivity index (χ1n) is 8.47. The van der Waals surface area contributed by atoms with Crippen LogP contribution < -0.4 is 11.1 Å². The maximum Gasteiger partial charge on any atom is 0.325 e. The van der Waals surface area contributed by atoms with Crippen molar-refractivity contribution in [1.82, 2.24) is 15.1 Å². The van der Waals surface area contributed by atoms with Crippen LogP contribution >= 0.6 is 0 Å². The zero-order valence-electron chi connectivity index (χ0n) is 13.9. The largest absolute Gasteiger partial charge is 0.340 e. The van der Waals surface area contributed by atoms with Gasteiger partial charge in [-0.3, -0.25) is 9.59 Å². The molecule has 128 valence electrons. The molecule has 0 bridgehead atoms. The van der Waals surface area contributed by atoms with Crippen LogP contribution in [0.1, 0.15) is 46.0 Å². The molecule has 7 nitrogen and oxygen atoms in total. The molecule has 0 aromatic rings. The minimum atomic E-state index is -0.762. The van der Waals surface area contributed by atoms with Crippen LogP contribution in [0.3, 0.4) is 0 Å². The second-order valence-corrected chi connectivity index (χ2v) is 7.60. The standard InChI is InChI=1S/C16H26N4O3/c1-11(12(21)19-8-7-15(2,9-17)10-19)20-13(22)16(18-14(20)23)5-3-4-6-16/h11H,3-10,17H2,1-2H3,(H,18,23). The lowest BCUT2D eigenvalue weighted by atomic mass is 9.90. The third-order valence-electron chi connectivity index (χ3n) is 5.76. The average Bonchev–Trinajstić information content (AvgIpc) is 3.20. The molecule has 2 unspecified atom stereocenters. The molecule has 0 aromatic heterocycles. The van der Waals surface area contributed by atoms with Gasteiger partial charge in [0.2, 0.25) is 5.91 Å². The summed E-state index contributed by atoms with van der Waals surface area (Å²) in [5.41, 5.74) is 4.95. The van der Waals surface area contributed by atoms with Gasteiger partial charge in [-0.1, -0.05) is 19.8 Å². The van der Waals surface area contributed by atoms with E-state index in [2.05, 4.69) is 12.2 Å². The molecule has 0 aromatic carbocycles. The summed E-state index contributed by atoms with van der Waals surface area (Å²) < 4.78 is 0. The third-order valence-corrected chi connectivity index (χ3v) is 5.76. The number of imide groups is 1. The molecule has 3 fully saturated rings. The highest BCUT2D eigenvalue weighted by Gasteiger charge is 2.55. The van der Waals surface area contributed by atoms with Crippen LogP contribution in [-0.4, -0.2) is 58.9 Å². The van der Waals surface area contributed by atoms with Crippen LogP contribution in [0.2, 0.25) is 0 Å². The Morgan fingerprint density at radius 1 is 1.30 bits per heavy atom. The maximum atomic E-state index is 12.7. The van der Waals surface area contributed by atoms with E-state index in [0.29, 0.717) is 32.5 Å². The Bertz CT molecular complexity index is 543. The Morgan fingerprint density at radius 2 is 1.96 bits per heavy atom. The van der Waals surface area contributed by atoms with Gasteiger partial charge in [0.05, 0.1) is 0 Å². The van der Waals surface area contributed by atoms with Crippen LogP contribution in [0.25, 0.3) is 0 Å². The summed E-state index contributed by atoms with van der Waals surface area (Å²) in [6, 6.07) is -1.19. The molecular weight excluding hydrogens is 296 g/mol. The van der Waals surface area contributed by atoms with E-state index in [1.54, 1.807) is 11.8 Å². The number of hydrogen-bond acceptors (Lipinski definition) is 4. The van der Waals surface area contributed by atoms with Crippen molar-refractivity contribution in [2.75, 3.05) is 19.6 Å². The molecule has 3 rings (SSSR count). The molecule has 1 spiro atoms. The normalized spacial score (nSPS) is 31.1. The minimum absolute atomic E-state index is 0.0701. The number of nitrogens with two attached hydrogens (primary N) is 1. The first-order chi connectivity index (χ1) is 10.8. The monoisotopic (exact) mass is 322 g/mol. The number of urea groups is 1. The van der Waals surface area contributed by atoms with E-state index in [1.165, 1.54) is 0 Å². The van der Waals surface area contributed by atoms with Crippen molar-refractivity contribution in [2.45, 2.75) is 57.5 Å². The fourth-order valence-corrected chi connectivity index (χ4v) is 4.06. The summed E-state index contributed by atoms with van der Waals surface area (Å²) in [6.07, 6.45) is 4.06. The first-order valence-corrected chi connectivity index (χ1v) is 8.47. The van der Waals surface area contributed by atoms with Gasteiger partial charge in [-0.2, -0.15) is 0 Å². The van der Waals surface area contributed by atoms with Crippen molar-refractivity contribution in [3.63, 3.8) is 0 Å². The first kappa shape index (κ1) is 16.2. The second-order valence-electron chi connectivity index (χ2n) is 7.60. The van der Waals surface area contributed by atoms with Crippen LogP contribution in [0.5, 0.6) is 0 Å². The molecule has 0 radical (unpaired) electrons. The fourth-order valence-electron chi connectivity index (χ4n) is 4.06. The molecule has 23 heavy (non-hydrogen) atoms. The quantitative estimate of drug-likeness (QED) is 0.737. The Morgan fingerprint density at radius 3 is 2.52 bits per heavy atom. The molecule has 2 atom stereocenters. The summed E-state index contributed by atoms with van der Waals surface area (Å²) in [5.74, 6) is -0.401. The molecule has 7 heteroatoms. The van der Waals surface area contributed by atoms with Gasteiger partial charge < -0.3 is 16.0 Å². The van der Waals surface area contributed by atoms with E-state index in [-0.39, 0.29) is 17.2 Å².